The van der Waals surface area contributed by atoms with E-state index in [2.05, 4.69) is 43.4 Å². The standard InChI is InChI=1S/C23H27N7O2/c31-23(15-1-2-15)30-18-3-4-19(30)12-27(11-18)22-21-7-16(9-29(21)26-14-24-22)17-8-25-28(10-17)20-5-6-32-13-20/h7-10,14-15,18-20H,1-6,11-13H2/t18?,19?,20-/m0/s1. The highest BCUT2D eigenvalue weighted by molar-refractivity contribution is 5.83. The third-order valence-corrected chi connectivity index (χ3v) is 7.56. The summed E-state index contributed by atoms with van der Waals surface area (Å²) < 4.78 is 9.44. The van der Waals surface area contributed by atoms with Crippen LogP contribution in [0, 0.1) is 5.92 Å². The molecule has 32 heavy (non-hydrogen) atoms. The molecule has 9 heteroatoms. The van der Waals surface area contributed by atoms with Gasteiger partial charge in [-0.3, -0.25) is 9.48 Å². The molecule has 3 aliphatic heterocycles. The van der Waals surface area contributed by atoms with Gasteiger partial charge in [0, 0.05) is 61.2 Å². The van der Waals surface area contributed by atoms with Gasteiger partial charge in [-0.15, -0.1) is 0 Å². The zero-order chi connectivity index (χ0) is 21.2. The van der Waals surface area contributed by atoms with Crippen LogP contribution in [0.2, 0.25) is 0 Å². The Kier molecular flexibility index (Phi) is 4.09. The molecule has 0 N–H and O–H groups in total. The molecule has 4 fully saturated rings. The molecule has 2 unspecified atom stereocenters. The van der Waals surface area contributed by atoms with Crippen molar-refractivity contribution in [2.24, 2.45) is 5.92 Å². The molecule has 3 aromatic rings. The van der Waals surface area contributed by atoms with Crippen LogP contribution in [0.3, 0.4) is 0 Å². The molecule has 4 aliphatic rings. The molecule has 3 saturated heterocycles. The molecule has 1 amide bonds. The summed E-state index contributed by atoms with van der Waals surface area (Å²) in [4.78, 5) is 22.0. The number of rotatable bonds is 4. The lowest BCUT2D eigenvalue weighted by Gasteiger charge is -2.41. The van der Waals surface area contributed by atoms with Crippen LogP contribution in [0.15, 0.2) is 31.0 Å². The van der Waals surface area contributed by atoms with Gasteiger partial charge in [-0.2, -0.15) is 10.2 Å². The van der Waals surface area contributed by atoms with Gasteiger partial charge in [-0.05, 0) is 38.2 Å². The number of ether oxygens (including phenoxy) is 1. The van der Waals surface area contributed by atoms with Crippen LogP contribution in [-0.2, 0) is 9.53 Å². The zero-order valence-corrected chi connectivity index (χ0v) is 18.0. The van der Waals surface area contributed by atoms with Crippen molar-refractivity contribution in [1.29, 1.82) is 0 Å². The summed E-state index contributed by atoms with van der Waals surface area (Å²) in [5, 5.41) is 9.04. The first-order valence-electron chi connectivity index (χ1n) is 11.8. The lowest BCUT2D eigenvalue weighted by molar-refractivity contribution is -0.135. The summed E-state index contributed by atoms with van der Waals surface area (Å²) in [5.74, 6) is 1.64. The van der Waals surface area contributed by atoms with Crippen molar-refractivity contribution in [2.75, 3.05) is 31.2 Å². The molecule has 9 nitrogen and oxygen atoms in total. The minimum atomic E-state index is 0.292. The number of nitrogens with zero attached hydrogens (tertiary/aromatic N) is 7. The van der Waals surface area contributed by atoms with Gasteiger partial charge in [-0.1, -0.05) is 0 Å². The fraction of sp³-hybridized carbons (Fsp3) is 0.565. The van der Waals surface area contributed by atoms with Crippen molar-refractivity contribution in [1.82, 2.24) is 29.3 Å². The third-order valence-electron chi connectivity index (χ3n) is 7.56. The summed E-state index contributed by atoms with van der Waals surface area (Å²) in [7, 11) is 0. The maximum Gasteiger partial charge on any atom is 0.226 e. The molecule has 2 bridgehead atoms. The number of amides is 1. The average Bonchev–Trinajstić information content (AvgIpc) is 3.19. The van der Waals surface area contributed by atoms with Crippen LogP contribution < -0.4 is 4.90 Å². The summed E-state index contributed by atoms with van der Waals surface area (Å²) in [6.45, 7) is 3.23. The van der Waals surface area contributed by atoms with Crippen molar-refractivity contribution in [3.63, 3.8) is 0 Å². The minimum absolute atomic E-state index is 0.292. The van der Waals surface area contributed by atoms with Crippen molar-refractivity contribution < 1.29 is 9.53 Å². The van der Waals surface area contributed by atoms with Crippen molar-refractivity contribution in [2.45, 2.75) is 50.2 Å². The molecule has 0 spiro atoms. The predicted octanol–water partition coefficient (Wildman–Crippen LogP) is 2.14. The topological polar surface area (TPSA) is 80.8 Å². The lowest BCUT2D eigenvalue weighted by Crippen LogP contribution is -2.56. The van der Waals surface area contributed by atoms with Crippen LogP contribution in [0.25, 0.3) is 16.6 Å². The van der Waals surface area contributed by atoms with E-state index in [-0.39, 0.29) is 0 Å². The summed E-state index contributed by atoms with van der Waals surface area (Å²) >= 11 is 0. The number of anilines is 1. The van der Waals surface area contributed by atoms with E-state index in [1.165, 1.54) is 0 Å². The van der Waals surface area contributed by atoms with E-state index in [1.807, 2.05) is 15.4 Å². The van der Waals surface area contributed by atoms with Crippen LogP contribution in [0.1, 0.15) is 38.1 Å². The second-order valence-corrected chi connectivity index (χ2v) is 9.68. The van der Waals surface area contributed by atoms with Crippen molar-refractivity contribution in [3.05, 3.63) is 31.0 Å². The SMILES string of the molecule is O=C(C1CC1)N1C2CCC1CN(c1ncnn3cc(-c4cnn([C@H]5CCOC5)c4)cc13)C2. The first kappa shape index (κ1) is 18.6. The Hall–Kier alpha value is -2.94. The van der Waals surface area contributed by atoms with Gasteiger partial charge in [0.15, 0.2) is 5.82 Å². The largest absolute Gasteiger partial charge is 0.379 e. The molecular weight excluding hydrogens is 406 g/mol. The monoisotopic (exact) mass is 433 g/mol. The zero-order valence-electron chi connectivity index (χ0n) is 18.0. The first-order valence-corrected chi connectivity index (χ1v) is 11.8. The minimum Gasteiger partial charge on any atom is -0.379 e. The fourth-order valence-electron chi connectivity index (χ4n) is 5.71. The molecule has 166 valence electrons. The fourth-order valence-corrected chi connectivity index (χ4v) is 5.71. The highest BCUT2D eigenvalue weighted by Gasteiger charge is 2.46. The van der Waals surface area contributed by atoms with E-state index in [0.29, 0.717) is 30.0 Å². The molecule has 6 heterocycles. The molecule has 0 aromatic carbocycles. The van der Waals surface area contributed by atoms with E-state index in [4.69, 9.17) is 4.74 Å². The summed E-state index contributed by atoms with van der Waals surface area (Å²) in [6, 6.07) is 3.09. The number of piperazine rings is 1. The smallest absolute Gasteiger partial charge is 0.226 e. The van der Waals surface area contributed by atoms with Crippen LogP contribution in [0.5, 0.6) is 0 Å². The van der Waals surface area contributed by atoms with Crippen molar-refractivity contribution >= 4 is 17.2 Å². The Morgan fingerprint density at radius 3 is 2.56 bits per heavy atom. The third kappa shape index (κ3) is 2.94. The van der Waals surface area contributed by atoms with Gasteiger partial charge in [-0.25, -0.2) is 9.50 Å². The van der Waals surface area contributed by atoms with Crippen LogP contribution in [-0.4, -0.2) is 73.6 Å². The predicted molar refractivity (Wildman–Crippen MR) is 117 cm³/mol. The van der Waals surface area contributed by atoms with E-state index < -0.39 is 0 Å². The molecule has 3 aromatic heterocycles. The second kappa shape index (κ2) is 7.03. The molecule has 3 atom stereocenters. The summed E-state index contributed by atoms with van der Waals surface area (Å²) in [6.07, 6.45) is 13.0. The van der Waals surface area contributed by atoms with Gasteiger partial charge in [0.25, 0.3) is 0 Å². The highest BCUT2D eigenvalue weighted by Crippen LogP contribution is 2.39. The lowest BCUT2D eigenvalue weighted by atomic mass is 10.1. The number of hydrogen-bond acceptors (Lipinski definition) is 6. The average molecular weight is 434 g/mol. The van der Waals surface area contributed by atoms with Gasteiger partial charge in [0.1, 0.15) is 11.8 Å². The Morgan fingerprint density at radius 1 is 0.969 bits per heavy atom. The Morgan fingerprint density at radius 2 is 1.81 bits per heavy atom. The summed E-state index contributed by atoms with van der Waals surface area (Å²) in [5.41, 5.74) is 3.16. The Bertz CT molecular complexity index is 1160. The molecular formula is C23H27N7O2. The van der Waals surface area contributed by atoms with E-state index in [9.17, 15) is 4.79 Å². The maximum absolute atomic E-state index is 12.8. The maximum atomic E-state index is 12.8. The van der Waals surface area contributed by atoms with E-state index >= 15 is 0 Å². The first-order chi connectivity index (χ1) is 15.7. The van der Waals surface area contributed by atoms with Gasteiger partial charge in [0.2, 0.25) is 5.91 Å². The highest BCUT2D eigenvalue weighted by atomic mass is 16.5. The molecule has 0 radical (unpaired) electrons. The van der Waals surface area contributed by atoms with Gasteiger partial charge in [0.05, 0.1) is 18.8 Å². The van der Waals surface area contributed by atoms with Crippen molar-refractivity contribution in [3.8, 4) is 11.1 Å². The van der Waals surface area contributed by atoms with E-state index in [0.717, 1.165) is 80.9 Å². The van der Waals surface area contributed by atoms with Crippen LogP contribution >= 0.6 is 0 Å². The number of carbonyl (C=O) groups excluding carboxylic acids is 1. The number of fused-ring (bicyclic) bond motifs is 3. The molecule has 1 saturated carbocycles. The van der Waals surface area contributed by atoms with Crippen LogP contribution in [0.4, 0.5) is 5.82 Å². The number of hydrogen-bond donors (Lipinski definition) is 0. The number of carbonyl (C=O) groups is 1. The molecule has 1 aliphatic carbocycles. The number of aromatic nitrogens is 5. The normalized spacial score (nSPS) is 27.6. The Labute approximate surface area is 186 Å². The Balaban J connectivity index is 1.18. The van der Waals surface area contributed by atoms with Gasteiger partial charge >= 0.3 is 0 Å². The molecule has 7 rings (SSSR count). The van der Waals surface area contributed by atoms with Gasteiger partial charge < -0.3 is 14.5 Å². The quantitative estimate of drug-likeness (QED) is 0.627. The second-order valence-electron chi connectivity index (χ2n) is 9.68. The van der Waals surface area contributed by atoms with E-state index in [1.54, 1.807) is 6.33 Å².